The van der Waals surface area contributed by atoms with E-state index in [4.69, 9.17) is 5.14 Å². The topological polar surface area (TPSA) is 139 Å². The van der Waals surface area contributed by atoms with Crippen LogP contribution in [0.5, 0.6) is 0 Å². The Morgan fingerprint density at radius 1 is 1.35 bits per heavy atom. The first-order valence-corrected chi connectivity index (χ1v) is 6.90. The molecular weight excluding hydrogens is 288 g/mol. The van der Waals surface area contributed by atoms with Crippen LogP contribution in [0.25, 0.3) is 0 Å². The number of sulfonamides is 1. The molecule has 20 heavy (non-hydrogen) atoms. The maximum atomic E-state index is 11.6. The third-order valence-electron chi connectivity index (χ3n) is 2.31. The fourth-order valence-electron chi connectivity index (χ4n) is 1.44. The van der Waals surface area contributed by atoms with Crippen LogP contribution in [0.3, 0.4) is 0 Å². The molecule has 2 rings (SSSR count). The van der Waals surface area contributed by atoms with Gasteiger partial charge in [0.2, 0.25) is 10.0 Å². The van der Waals surface area contributed by atoms with Gasteiger partial charge in [-0.3, -0.25) is 9.32 Å². The standard InChI is InChI=1S/C10H10N4O5S/c11-20(17,18)8-3-1-7(2-4-8)12-9(15)5-14-6-10(16)19-13-14/h1-4,6H,5H2,(H3-,11,12,13,15,16,17,18)/p+1. The lowest BCUT2D eigenvalue weighted by atomic mass is 10.3. The highest BCUT2D eigenvalue weighted by atomic mass is 32.2. The summed E-state index contributed by atoms with van der Waals surface area (Å²) in [6.45, 7) is -0.150. The van der Waals surface area contributed by atoms with E-state index >= 15 is 0 Å². The van der Waals surface area contributed by atoms with Crippen LogP contribution in [0, 0.1) is 0 Å². The Balaban J connectivity index is 2.03. The van der Waals surface area contributed by atoms with Crippen LogP contribution in [-0.2, 0) is 21.4 Å². The maximum absolute atomic E-state index is 11.6. The first kappa shape index (κ1) is 14.0. The predicted octanol–water partition coefficient (Wildman–Crippen LogP) is -1.46. The van der Waals surface area contributed by atoms with Gasteiger partial charge in [-0.1, -0.05) is 4.68 Å². The van der Waals surface area contributed by atoms with E-state index in [-0.39, 0.29) is 11.4 Å². The molecule has 4 N–H and O–H groups in total. The number of anilines is 1. The molecule has 0 radical (unpaired) electrons. The van der Waals surface area contributed by atoms with Crippen LogP contribution in [0.2, 0.25) is 0 Å². The summed E-state index contributed by atoms with van der Waals surface area (Å²) in [5, 5.41) is 9.69. The van der Waals surface area contributed by atoms with Crippen LogP contribution < -0.4 is 20.8 Å². The monoisotopic (exact) mass is 299 g/mol. The highest BCUT2D eigenvalue weighted by Gasteiger charge is 2.13. The molecule has 0 aliphatic heterocycles. The largest absolute Gasteiger partial charge is 0.426 e. The summed E-state index contributed by atoms with van der Waals surface area (Å²) in [5.74, 6) is -0.421. The highest BCUT2D eigenvalue weighted by Crippen LogP contribution is 2.12. The third-order valence-corrected chi connectivity index (χ3v) is 3.23. The molecule has 2 aromatic rings. The van der Waals surface area contributed by atoms with E-state index in [1.165, 1.54) is 24.3 Å². The fraction of sp³-hybridized carbons (Fsp3) is 0.100. The first-order chi connectivity index (χ1) is 9.34. The average Bonchev–Trinajstić information content (AvgIpc) is 2.74. The lowest BCUT2D eigenvalue weighted by molar-refractivity contribution is -0.750. The van der Waals surface area contributed by atoms with Crippen LogP contribution in [0.4, 0.5) is 5.69 Å². The van der Waals surface area contributed by atoms with Crippen LogP contribution in [0.15, 0.2) is 44.7 Å². The molecular formula is C10H11N4O5S+. The molecule has 1 aromatic heterocycles. The summed E-state index contributed by atoms with van der Waals surface area (Å²) in [5.41, 5.74) is -0.204. The van der Waals surface area contributed by atoms with Gasteiger partial charge in [0.05, 0.1) is 4.90 Å². The van der Waals surface area contributed by atoms with E-state index in [0.29, 0.717) is 5.69 Å². The van der Waals surface area contributed by atoms with Gasteiger partial charge in [0.1, 0.15) is 0 Å². The molecule has 0 aliphatic carbocycles. The number of nitrogens with one attached hydrogen (secondary N) is 2. The second-order valence-corrected chi connectivity index (χ2v) is 5.45. The number of aromatic amines is 1. The number of nitrogens with two attached hydrogens (primary N) is 1. The molecule has 0 fully saturated rings. The van der Waals surface area contributed by atoms with Crippen molar-refractivity contribution in [1.29, 1.82) is 0 Å². The second-order valence-electron chi connectivity index (χ2n) is 3.89. The van der Waals surface area contributed by atoms with E-state index in [1.807, 2.05) is 0 Å². The maximum Gasteiger partial charge on any atom is 0.426 e. The minimum absolute atomic E-state index is 0.0518. The van der Waals surface area contributed by atoms with Crippen LogP contribution >= 0.6 is 0 Å². The SMILES string of the molecule is NS(=O)(=O)c1ccc(NC(=O)C[n+]2cc(=O)o[nH]2)cc1. The Labute approximate surface area is 113 Å². The molecule has 106 valence electrons. The Morgan fingerprint density at radius 2 is 2.00 bits per heavy atom. The van der Waals surface area contributed by atoms with Crippen molar-refractivity contribution in [2.75, 3.05) is 5.32 Å². The van der Waals surface area contributed by atoms with Crippen molar-refractivity contribution in [3.63, 3.8) is 0 Å². The smallest absolute Gasteiger partial charge is 0.321 e. The number of benzene rings is 1. The zero-order valence-corrected chi connectivity index (χ0v) is 10.9. The van der Waals surface area contributed by atoms with Gasteiger partial charge in [-0.25, -0.2) is 18.4 Å². The van der Waals surface area contributed by atoms with Crippen molar-refractivity contribution in [2.24, 2.45) is 5.14 Å². The summed E-state index contributed by atoms with van der Waals surface area (Å²) in [6.07, 6.45) is 1.09. The van der Waals surface area contributed by atoms with Crippen molar-refractivity contribution in [3.8, 4) is 0 Å². The number of carbonyl (C=O) groups excluding carboxylic acids is 1. The summed E-state index contributed by atoms with van der Waals surface area (Å²) in [6, 6.07) is 5.36. The lowest BCUT2D eigenvalue weighted by Gasteiger charge is -2.03. The van der Waals surface area contributed by atoms with Crippen molar-refractivity contribution < 1.29 is 22.4 Å². The Kier molecular flexibility index (Phi) is 3.68. The number of aromatic nitrogens is 2. The summed E-state index contributed by atoms with van der Waals surface area (Å²) in [4.78, 5) is 22.3. The van der Waals surface area contributed by atoms with Crippen LogP contribution in [0.1, 0.15) is 0 Å². The molecule has 0 saturated heterocycles. The molecule has 0 unspecified atom stereocenters. The van der Waals surface area contributed by atoms with Gasteiger partial charge in [-0.2, -0.15) is 0 Å². The second kappa shape index (κ2) is 5.27. The number of hydrogen-bond donors (Lipinski definition) is 3. The zero-order chi connectivity index (χ0) is 14.8. The molecule has 0 atom stereocenters. The number of amides is 1. The summed E-state index contributed by atoms with van der Waals surface area (Å²) in [7, 11) is -3.76. The quantitative estimate of drug-likeness (QED) is 0.592. The van der Waals surface area contributed by atoms with Gasteiger partial charge in [-0.15, -0.1) is 0 Å². The van der Waals surface area contributed by atoms with E-state index in [9.17, 15) is 18.0 Å². The van der Waals surface area contributed by atoms with Crippen LogP contribution in [-0.4, -0.2) is 19.6 Å². The summed E-state index contributed by atoms with van der Waals surface area (Å²) >= 11 is 0. The molecule has 0 bridgehead atoms. The highest BCUT2D eigenvalue weighted by molar-refractivity contribution is 7.89. The average molecular weight is 299 g/mol. The normalized spacial score (nSPS) is 11.2. The van der Waals surface area contributed by atoms with Gasteiger partial charge in [0.15, 0.2) is 0 Å². The van der Waals surface area contributed by atoms with Gasteiger partial charge >= 0.3 is 5.63 Å². The molecule has 1 amide bonds. The molecule has 0 spiro atoms. The zero-order valence-electron chi connectivity index (χ0n) is 10.1. The van der Waals surface area contributed by atoms with Gasteiger partial charge in [0, 0.05) is 5.69 Å². The predicted molar refractivity (Wildman–Crippen MR) is 66.0 cm³/mol. The lowest BCUT2D eigenvalue weighted by Crippen LogP contribution is -2.41. The third kappa shape index (κ3) is 3.52. The number of H-pyrrole nitrogens is 1. The van der Waals surface area contributed by atoms with Crippen molar-refractivity contribution >= 4 is 21.6 Å². The number of rotatable bonds is 4. The molecule has 1 aromatic carbocycles. The first-order valence-electron chi connectivity index (χ1n) is 5.35. The van der Waals surface area contributed by atoms with Gasteiger partial charge < -0.3 is 5.32 Å². The Bertz CT molecular complexity index is 774. The number of hydrogen-bond acceptors (Lipinski definition) is 5. The molecule has 10 heteroatoms. The molecule has 9 nitrogen and oxygen atoms in total. The Hall–Kier alpha value is -2.46. The Morgan fingerprint density at radius 3 is 2.50 bits per heavy atom. The molecule has 1 heterocycles. The minimum Gasteiger partial charge on any atom is -0.321 e. The molecule has 0 saturated carbocycles. The number of nitrogens with zero attached hydrogens (tertiary/aromatic N) is 1. The molecule has 0 aliphatic rings. The van der Waals surface area contributed by atoms with E-state index < -0.39 is 21.6 Å². The minimum atomic E-state index is -3.76. The van der Waals surface area contributed by atoms with Gasteiger partial charge in [-0.05, 0) is 29.5 Å². The number of carbonyl (C=O) groups is 1. The van der Waals surface area contributed by atoms with E-state index in [2.05, 4.69) is 15.1 Å². The number of primary sulfonamides is 1. The van der Waals surface area contributed by atoms with Crippen molar-refractivity contribution in [2.45, 2.75) is 11.4 Å². The van der Waals surface area contributed by atoms with Crippen molar-refractivity contribution in [3.05, 3.63) is 40.9 Å². The fourth-order valence-corrected chi connectivity index (χ4v) is 1.96. The van der Waals surface area contributed by atoms with E-state index in [0.717, 1.165) is 10.9 Å². The van der Waals surface area contributed by atoms with E-state index in [1.54, 1.807) is 0 Å². The summed E-state index contributed by atoms with van der Waals surface area (Å²) < 4.78 is 27.7. The van der Waals surface area contributed by atoms with Gasteiger partial charge in [0.25, 0.3) is 18.6 Å². The van der Waals surface area contributed by atoms with Crippen molar-refractivity contribution in [1.82, 2.24) is 5.27 Å².